The summed E-state index contributed by atoms with van der Waals surface area (Å²) in [6.07, 6.45) is 0. The Labute approximate surface area is 218 Å². The first-order valence-electron chi connectivity index (χ1n) is 7.74. The molecule has 0 heterocycles. The summed E-state index contributed by atoms with van der Waals surface area (Å²) in [5.41, 5.74) is 0.840. The molecule has 0 bridgehead atoms. The van der Waals surface area contributed by atoms with E-state index in [1.807, 2.05) is 0 Å². The quantitative estimate of drug-likeness (QED) is 0.224. The van der Waals surface area contributed by atoms with Gasteiger partial charge in [-0.15, -0.1) is 5.11 Å². The van der Waals surface area contributed by atoms with Crippen LogP contribution in [0.2, 0.25) is 0 Å². The molecule has 13 heteroatoms. The maximum atomic E-state index is 11.2. The molecule has 2 N–H and O–H groups in total. The summed E-state index contributed by atoms with van der Waals surface area (Å²) in [7, 11) is -7.45. The van der Waals surface area contributed by atoms with Crippen molar-refractivity contribution in [1.82, 2.24) is 0 Å². The van der Waals surface area contributed by atoms with Crippen molar-refractivity contribution in [3.8, 4) is 11.5 Å². The van der Waals surface area contributed by atoms with Crippen LogP contribution in [0.1, 0.15) is 5.56 Å². The average Bonchev–Trinajstić information content (AvgIpc) is 2.60. The van der Waals surface area contributed by atoms with Crippen LogP contribution < -0.4 is 4.18 Å². The summed E-state index contributed by atoms with van der Waals surface area (Å²) in [5, 5.41) is 19.0. The average molecular weight is 470 g/mol. The Morgan fingerprint density at radius 2 is 1.67 bits per heavy atom. The monoisotopic (exact) mass is 470 g/mol. The maximum absolute atomic E-state index is 11.2. The van der Waals surface area contributed by atoms with E-state index in [-0.39, 0.29) is 81.2 Å². The molecule has 0 aliphatic rings. The van der Waals surface area contributed by atoms with Gasteiger partial charge in [0, 0.05) is 10.8 Å². The van der Waals surface area contributed by atoms with Gasteiger partial charge in [0.1, 0.15) is 17.2 Å². The molecular formula is C17H16N2Na2O7S2. The van der Waals surface area contributed by atoms with E-state index in [0.29, 0.717) is 22.0 Å². The van der Waals surface area contributed by atoms with Crippen molar-refractivity contribution in [3.05, 3.63) is 54.1 Å². The molecule has 0 saturated heterocycles. The third kappa shape index (κ3) is 6.25. The number of rotatable bonds is 5. The van der Waals surface area contributed by atoms with Crippen LogP contribution in [0.15, 0.2) is 63.7 Å². The molecule has 0 atom stereocenters. The summed E-state index contributed by atoms with van der Waals surface area (Å²) in [5.74, 6) is -0.106. The number of hydrogen-bond donors (Lipinski definition) is 3. The van der Waals surface area contributed by atoms with Crippen molar-refractivity contribution in [2.24, 2.45) is 10.2 Å². The van der Waals surface area contributed by atoms with Gasteiger partial charge in [-0.2, -0.15) is 21.9 Å². The first-order chi connectivity index (χ1) is 13.2. The van der Waals surface area contributed by atoms with Gasteiger partial charge in [-0.1, -0.05) is 12.1 Å². The molecule has 3 aromatic carbocycles. The van der Waals surface area contributed by atoms with Gasteiger partial charge in [0.05, 0.1) is 10.6 Å². The Morgan fingerprint density at radius 3 is 2.27 bits per heavy atom. The van der Waals surface area contributed by atoms with Crippen LogP contribution in [-0.2, 0) is 21.1 Å². The topological polar surface area (TPSA) is 143 Å². The van der Waals surface area contributed by atoms with Gasteiger partial charge in [-0.25, -0.2) is 0 Å². The molecule has 150 valence electrons. The Morgan fingerprint density at radius 1 is 0.967 bits per heavy atom. The number of phenolic OH excluding ortho intramolecular Hbond substituents is 1. The number of azo groups is 1. The number of phenols is 1. The summed E-state index contributed by atoms with van der Waals surface area (Å²) >= 11 is 0. The standard InChI is InChI=1S/C17H14N2O7S2.2Na.2H/c1-10-9-11(28(23,24)25)5-7-14(10)18-19-17-13-3-2-4-16(26-27(21)22)12(13)6-8-15(17)20;;;;/h2-9,20,27H,1H3,(H,23,24,25);;;;. The predicted octanol–water partition coefficient (Wildman–Crippen LogP) is 2.12. The number of benzene rings is 3. The van der Waals surface area contributed by atoms with E-state index in [4.69, 9.17) is 8.74 Å². The molecule has 9 nitrogen and oxygen atoms in total. The van der Waals surface area contributed by atoms with Crippen molar-refractivity contribution in [2.45, 2.75) is 11.8 Å². The zero-order valence-corrected chi connectivity index (χ0v) is 16.0. The number of hydrogen-bond acceptors (Lipinski definition) is 8. The van der Waals surface area contributed by atoms with Crippen LogP contribution in [-0.4, -0.2) is 85.6 Å². The molecule has 3 rings (SSSR count). The third-order valence-electron chi connectivity index (χ3n) is 3.87. The number of aryl methyl sites for hydroxylation is 1. The van der Waals surface area contributed by atoms with Gasteiger partial charge < -0.3 is 9.29 Å². The van der Waals surface area contributed by atoms with Crippen molar-refractivity contribution in [3.63, 3.8) is 0 Å². The molecule has 0 spiro atoms. The summed E-state index contributed by atoms with van der Waals surface area (Å²) in [6, 6.07) is 11.2. The second-order valence-corrected chi connectivity index (χ2v) is 7.77. The second-order valence-electron chi connectivity index (χ2n) is 5.72. The minimum absolute atomic E-state index is 0. The van der Waals surface area contributed by atoms with Crippen LogP contribution >= 0.6 is 0 Å². The van der Waals surface area contributed by atoms with E-state index in [1.165, 1.54) is 36.4 Å². The van der Waals surface area contributed by atoms with Crippen LogP contribution in [0.25, 0.3) is 10.8 Å². The fraction of sp³-hybridized carbons (Fsp3) is 0.0588. The summed E-state index contributed by atoms with van der Waals surface area (Å²) in [4.78, 5) is -0.273. The molecule has 3 aromatic rings. The van der Waals surface area contributed by atoms with Crippen molar-refractivity contribution >= 4 is 102 Å². The van der Waals surface area contributed by atoms with E-state index in [2.05, 4.69) is 10.2 Å². The molecule has 30 heavy (non-hydrogen) atoms. The fourth-order valence-corrected chi connectivity index (χ4v) is 3.46. The number of aromatic hydroxyl groups is 1. The molecule has 0 aromatic heterocycles. The van der Waals surface area contributed by atoms with Gasteiger partial charge in [0.25, 0.3) is 21.1 Å². The number of nitrogens with zero attached hydrogens (tertiary/aromatic N) is 2. The van der Waals surface area contributed by atoms with Gasteiger partial charge in [0.2, 0.25) is 0 Å². The predicted molar refractivity (Wildman–Crippen MR) is 116 cm³/mol. The SMILES string of the molecule is Cc1cc(S(=O)(=O)O)ccc1N=Nc1c(O)ccc2c(O[SH](=O)=O)cccc12.[NaH].[NaH]. The third-order valence-corrected chi connectivity index (χ3v) is 5.06. The molecule has 0 unspecified atom stereocenters. The number of fused-ring (bicyclic) bond motifs is 1. The minimum atomic E-state index is -4.34. The van der Waals surface area contributed by atoms with Crippen molar-refractivity contribution < 1.29 is 30.7 Å². The van der Waals surface area contributed by atoms with E-state index in [1.54, 1.807) is 19.1 Å². The van der Waals surface area contributed by atoms with Gasteiger partial charge in [-0.05, 0) is 48.9 Å². The second kappa shape index (κ2) is 11.0. The van der Waals surface area contributed by atoms with Gasteiger partial charge in [0.15, 0.2) is 0 Å². The summed E-state index contributed by atoms with van der Waals surface area (Å²) < 4.78 is 58.0. The number of thiol groups is 1. The molecule has 0 saturated carbocycles. The zero-order chi connectivity index (χ0) is 20.5. The van der Waals surface area contributed by atoms with E-state index in [0.717, 1.165) is 0 Å². The van der Waals surface area contributed by atoms with Crippen LogP contribution in [0.4, 0.5) is 11.4 Å². The first-order valence-corrected chi connectivity index (χ1v) is 10.3. The van der Waals surface area contributed by atoms with Crippen LogP contribution in [0, 0.1) is 6.92 Å². The molecular weight excluding hydrogens is 454 g/mol. The van der Waals surface area contributed by atoms with E-state index >= 15 is 0 Å². The zero-order valence-electron chi connectivity index (χ0n) is 14.3. The van der Waals surface area contributed by atoms with Crippen LogP contribution in [0.3, 0.4) is 0 Å². The van der Waals surface area contributed by atoms with Crippen molar-refractivity contribution in [1.29, 1.82) is 0 Å². The Kier molecular flexibility index (Phi) is 9.93. The first kappa shape index (κ1) is 27.0. The summed E-state index contributed by atoms with van der Waals surface area (Å²) in [6.45, 7) is 1.59. The van der Waals surface area contributed by atoms with E-state index < -0.39 is 21.1 Å². The Balaban J connectivity index is 0.00000225. The molecule has 0 radical (unpaired) electrons. The molecule has 0 amide bonds. The Hall–Kier alpha value is -1.02. The molecule has 0 aliphatic heterocycles. The Bertz CT molecular complexity index is 1280. The molecule has 0 fully saturated rings. The van der Waals surface area contributed by atoms with Gasteiger partial charge >= 0.3 is 59.1 Å². The molecule has 0 aliphatic carbocycles. The normalized spacial score (nSPS) is 11.3. The van der Waals surface area contributed by atoms with Gasteiger partial charge in [-0.3, -0.25) is 4.55 Å². The fourth-order valence-electron chi connectivity index (χ4n) is 2.57. The van der Waals surface area contributed by atoms with Crippen LogP contribution in [0.5, 0.6) is 11.5 Å². The van der Waals surface area contributed by atoms with E-state index in [9.17, 15) is 21.9 Å². The van der Waals surface area contributed by atoms with Crippen molar-refractivity contribution in [2.75, 3.05) is 0 Å².